The first-order valence-corrected chi connectivity index (χ1v) is 14.6. The fraction of sp³-hybridized carbons (Fsp3) is 0.481. The second kappa shape index (κ2) is 11.5. The summed E-state index contributed by atoms with van der Waals surface area (Å²) in [7, 11) is 0. The number of benzene rings is 1. The Morgan fingerprint density at radius 3 is 2.81 bits per heavy atom. The van der Waals surface area contributed by atoms with E-state index in [1.807, 2.05) is 36.6 Å². The number of halogens is 1. The summed E-state index contributed by atoms with van der Waals surface area (Å²) in [6, 6.07) is 9.64. The number of nitrogens with zero attached hydrogens (tertiary/aromatic N) is 4. The summed E-state index contributed by atoms with van der Waals surface area (Å²) in [5, 5.41) is 23.3. The van der Waals surface area contributed by atoms with Gasteiger partial charge < -0.3 is 14.6 Å². The second-order valence-corrected chi connectivity index (χ2v) is 12.7. The van der Waals surface area contributed by atoms with Crippen molar-refractivity contribution in [3.05, 3.63) is 51.1 Å². The van der Waals surface area contributed by atoms with E-state index in [-0.39, 0.29) is 23.2 Å². The molecule has 3 aromatic rings. The third-order valence-electron chi connectivity index (χ3n) is 6.75. The van der Waals surface area contributed by atoms with Crippen molar-refractivity contribution in [3.8, 4) is 11.8 Å². The van der Waals surface area contributed by atoms with Crippen LogP contribution in [-0.2, 0) is 24.2 Å². The van der Waals surface area contributed by atoms with Gasteiger partial charge in [0.1, 0.15) is 16.8 Å². The molecule has 0 saturated heterocycles. The van der Waals surface area contributed by atoms with Crippen molar-refractivity contribution in [2.24, 2.45) is 11.3 Å². The molecule has 0 bridgehead atoms. The number of carbonyl (C=O) groups excluding carboxylic acids is 1. The number of amides is 1. The Balaban J connectivity index is 1.41. The third-order valence-corrected chi connectivity index (χ3v) is 9.20. The summed E-state index contributed by atoms with van der Waals surface area (Å²) >= 11 is 9.10. The zero-order chi connectivity index (χ0) is 26.7. The quantitative estimate of drug-likeness (QED) is 0.303. The first-order valence-electron chi connectivity index (χ1n) is 12.4. The van der Waals surface area contributed by atoms with E-state index in [0.29, 0.717) is 44.8 Å². The number of rotatable bonds is 8. The van der Waals surface area contributed by atoms with Crippen LogP contribution in [0.15, 0.2) is 29.4 Å². The molecular weight excluding hydrogens is 526 g/mol. The van der Waals surface area contributed by atoms with Crippen molar-refractivity contribution in [1.82, 2.24) is 14.8 Å². The molecule has 2 heterocycles. The van der Waals surface area contributed by atoms with Crippen molar-refractivity contribution in [1.29, 1.82) is 5.26 Å². The average molecular weight is 558 g/mol. The monoisotopic (exact) mass is 557 g/mol. The number of aromatic nitrogens is 3. The number of hydrogen-bond acceptors (Lipinski definition) is 7. The Morgan fingerprint density at radius 2 is 2.14 bits per heavy atom. The Labute approximate surface area is 231 Å². The molecule has 4 rings (SSSR count). The van der Waals surface area contributed by atoms with Crippen LogP contribution >= 0.6 is 34.7 Å². The lowest BCUT2D eigenvalue weighted by Gasteiger charge is -2.33. The molecule has 0 spiro atoms. The maximum absolute atomic E-state index is 12.9. The smallest absolute Gasteiger partial charge is 0.235 e. The lowest BCUT2D eigenvalue weighted by molar-refractivity contribution is -0.113. The van der Waals surface area contributed by atoms with Gasteiger partial charge in [0.15, 0.2) is 17.1 Å². The SMILES string of the molecule is CCn1c(SCC(=O)Nc2sc3c(c2C#N)CCC(C(C)(C)C)C3)nnc1C(C)Oc1ccccc1Cl. The Bertz CT molecular complexity index is 1320. The highest BCUT2D eigenvalue weighted by Crippen LogP contribution is 2.44. The van der Waals surface area contributed by atoms with Crippen LogP contribution in [0.4, 0.5) is 5.00 Å². The molecule has 2 unspecified atom stereocenters. The molecule has 2 atom stereocenters. The fourth-order valence-electron chi connectivity index (χ4n) is 4.61. The van der Waals surface area contributed by atoms with E-state index in [1.165, 1.54) is 16.6 Å². The molecule has 1 aromatic carbocycles. The van der Waals surface area contributed by atoms with Crippen LogP contribution in [0.1, 0.15) is 69.0 Å². The number of para-hydroxylation sites is 1. The van der Waals surface area contributed by atoms with Crippen molar-refractivity contribution < 1.29 is 9.53 Å². The average Bonchev–Trinajstić information content (AvgIpc) is 3.43. The Kier molecular flexibility index (Phi) is 8.52. The van der Waals surface area contributed by atoms with Gasteiger partial charge in [-0.05, 0) is 62.1 Å². The van der Waals surface area contributed by atoms with E-state index in [4.69, 9.17) is 16.3 Å². The van der Waals surface area contributed by atoms with Gasteiger partial charge in [-0.2, -0.15) is 5.26 Å². The molecule has 1 amide bonds. The summed E-state index contributed by atoms with van der Waals surface area (Å²) in [6.07, 6.45) is 2.54. The van der Waals surface area contributed by atoms with Crippen LogP contribution in [0.3, 0.4) is 0 Å². The van der Waals surface area contributed by atoms with Gasteiger partial charge in [0.25, 0.3) is 0 Å². The van der Waals surface area contributed by atoms with Gasteiger partial charge >= 0.3 is 0 Å². The number of ether oxygens (including phenoxy) is 1. The highest BCUT2D eigenvalue weighted by molar-refractivity contribution is 7.99. The van der Waals surface area contributed by atoms with Crippen LogP contribution in [-0.4, -0.2) is 26.4 Å². The molecular formula is C27H32ClN5O2S2. The Morgan fingerprint density at radius 1 is 1.38 bits per heavy atom. The number of fused-ring (bicyclic) bond motifs is 1. The van der Waals surface area contributed by atoms with Crippen molar-refractivity contribution in [2.45, 2.75) is 71.7 Å². The van der Waals surface area contributed by atoms with Gasteiger partial charge in [0.05, 0.1) is 16.3 Å². The maximum atomic E-state index is 12.9. The summed E-state index contributed by atoms with van der Waals surface area (Å²) in [5.41, 5.74) is 1.95. The molecule has 1 aliphatic carbocycles. The lowest BCUT2D eigenvalue weighted by atomic mass is 9.72. The fourth-order valence-corrected chi connectivity index (χ4v) is 6.90. The van der Waals surface area contributed by atoms with Gasteiger partial charge in [-0.25, -0.2) is 0 Å². The molecule has 1 N–H and O–H groups in total. The molecule has 2 aromatic heterocycles. The van der Waals surface area contributed by atoms with E-state index >= 15 is 0 Å². The maximum Gasteiger partial charge on any atom is 0.235 e. The number of nitriles is 1. The van der Waals surface area contributed by atoms with Crippen molar-refractivity contribution >= 4 is 45.6 Å². The zero-order valence-corrected chi connectivity index (χ0v) is 24.2. The van der Waals surface area contributed by atoms with E-state index in [9.17, 15) is 10.1 Å². The molecule has 1 aliphatic rings. The van der Waals surface area contributed by atoms with Crippen LogP contribution in [0.25, 0.3) is 0 Å². The van der Waals surface area contributed by atoms with Gasteiger partial charge in [-0.3, -0.25) is 4.79 Å². The largest absolute Gasteiger partial charge is 0.481 e. The normalized spacial score (nSPS) is 16.1. The number of thiophene rings is 1. The summed E-state index contributed by atoms with van der Waals surface area (Å²) in [4.78, 5) is 14.1. The molecule has 0 aliphatic heterocycles. The molecule has 0 radical (unpaired) electrons. The minimum absolute atomic E-state index is 0.163. The second-order valence-electron chi connectivity index (χ2n) is 10.2. The molecule has 196 valence electrons. The summed E-state index contributed by atoms with van der Waals surface area (Å²) < 4.78 is 7.95. The van der Waals surface area contributed by atoms with E-state index in [0.717, 1.165) is 24.8 Å². The standard InChI is InChI=1S/C27H32ClN5O2S2/c1-6-33-24(16(2)35-21-10-8-7-9-20(21)28)31-32-26(33)36-15-23(34)30-25-19(14-29)18-12-11-17(27(3,4)5)13-22(18)37-25/h7-10,16-17H,6,11-13,15H2,1-5H3,(H,30,34). The minimum atomic E-state index is -0.372. The van der Waals surface area contributed by atoms with E-state index in [2.05, 4.69) is 42.4 Å². The zero-order valence-electron chi connectivity index (χ0n) is 21.8. The molecule has 37 heavy (non-hydrogen) atoms. The predicted octanol–water partition coefficient (Wildman–Crippen LogP) is 6.91. The predicted molar refractivity (Wildman–Crippen MR) is 150 cm³/mol. The number of nitrogens with one attached hydrogen (secondary N) is 1. The van der Waals surface area contributed by atoms with E-state index in [1.54, 1.807) is 17.4 Å². The number of thioether (sulfide) groups is 1. The molecule has 7 nitrogen and oxygen atoms in total. The number of carbonyl (C=O) groups is 1. The van der Waals surface area contributed by atoms with Crippen LogP contribution in [0.2, 0.25) is 5.02 Å². The Hall–Kier alpha value is -2.54. The van der Waals surface area contributed by atoms with Crippen LogP contribution in [0, 0.1) is 22.7 Å². The first kappa shape index (κ1) is 27.5. The van der Waals surface area contributed by atoms with Gasteiger partial charge in [0, 0.05) is 11.4 Å². The van der Waals surface area contributed by atoms with Crippen LogP contribution < -0.4 is 10.1 Å². The van der Waals surface area contributed by atoms with E-state index < -0.39 is 0 Å². The van der Waals surface area contributed by atoms with Crippen molar-refractivity contribution in [3.63, 3.8) is 0 Å². The number of hydrogen-bond donors (Lipinski definition) is 1. The number of anilines is 1. The van der Waals surface area contributed by atoms with Crippen molar-refractivity contribution in [2.75, 3.05) is 11.1 Å². The molecule has 0 saturated carbocycles. The van der Waals surface area contributed by atoms with Gasteiger partial charge in [-0.15, -0.1) is 21.5 Å². The highest BCUT2D eigenvalue weighted by Gasteiger charge is 2.32. The summed E-state index contributed by atoms with van der Waals surface area (Å²) in [5.74, 6) is 1.81. The van der Waals surface area contributed by atoms with Crippen LogP contribution in [0.5, 0.6) is 5.75 Å². The van der Waals surface area contributed by atoms with Gasteiger partial charge in [-0.1, -0.05) is 56.3 Å². The lowest BCUT2D eigenvalue weighted by Crippen LogP contribution is -2.26. The molecule has 0 fully saturated rings. The topological polar surface area (TPSA) is 92.8 Å². The first-order chi connectivity index (χ1) is 17.6. The minimum Gasteiger partial charge on any atom is -0.481 e. The molecule has 10 heteroatoms. The third kappa shape index (κ3) is 6.14. The van der Waals surface area contributed by atoms with Gasteiger partial charge in [0.2, 0.25) is 5.91 Å². The highest BCUT2D eigenvalue weighted by atomic mass is 35.5. The summed E-state index contributed by atoms with van der Waals surface area (Å²) in [6.45, 7) is 11.3.